The first kappa shape index (κ1) is 17.6. The van der Waals surface area contributed by atoms with Crippen molar-refractivity contribution in [2.45, 2.75) is 13.5 Å². The van der Waals surface area contributed by atoms with Gasteiger partial charge in [-0.25, -0.2) is 0 Å². The van der Waals surface area contributed by atoms with Crippen LogP contribution in [0.15, 0.2) is 36.4 Å². The quantitative estimate of drug-likeness (QED) is 0.507. The molecule has 0 aliphatic rings. The third kappa shape index (κ3) is 3.89. The molecule has 1 amide bonds. The summed E-state index contributed by atoms with van der Waals surface area (Å²) in [6.07, 6.45) is 0. The summed E-state index contributed by atoms with van der Waals surface area (Å²) in [6, 6.07) is 10.1. The molecule has 0 radical (unpaired) electrons. The van der Waals surface area contributed by atoms with E-state index in [1.165, 1.54) is 10.7 Å². The highest BCUT2D eigenvalue weighted by Crippen LogP contribution is 2.20. The summed E-state index contributed by atoms with van der Waals surface area (Å²) in [7, 11) is 0. The standard InChI is InChI=1S/C16H15ClN6O3/c1-10-8-15(23(25)26)21-22(10)7-6-18-16(24)14-9-13(19-20-14)11-2-4-12(17)5-3-11/h2-5,8-9H,6-7H2,1H3,(H,18,24)(H,19,20). The number of nitrogens with zero attached hydrogens (tertiary/aromatic N) is 4. The van der Waals surface area contributed by atoms with Crippen LogP contribution >= 0.6 is 11.6 Å². The number of H-pyrrole nitrogens is 1. The molecule has 9 nitrogen and oxygen atoms in total. The molecular weight excluding hydrogens is 360 g/mol. The fourth-order valence-corrected chi connectivity index (χ4v) is 2.51. The van der Waals surface area contributed by atoms with E-state index in [-0.39, 0.29) is 18.3 Å². The van der Waals surface area contributed by atoms with Crippen molar-refractivity contribution in [2.75, 3.05) is 6.54 Å². The smallest absolute Gasteiger partial charge is 0.358 e. The van der Waals surface area contributed by atoms with Crippen LogP contribution in [0.2, 0.25) is 5.02 Å². The van der Waals surface area contributed by atoms with E-state index in [9.17, 15) is 14.9 Å². The summed E-state index contributed by atoms with van der Waals surface area (Å²) < 4.78 is 1.48. The van der Waals surface area contributed by atoms with Crippen molar-refractivity contribution >= 4 is 23.3 Å². The summed E-state index contributed by atoms with van der Waals surface area (Å²) in [5.74, 6) is -0.535. The van der Waals surface area contributed by atoms with Gasteiger partial charge in [-0.3, -0.25) is 9.89 Å². The summed E-state index contributed by atoms with van der Waals surface area (Å²) in [5.41, 5.74) is 2.44. The number of nitro groups is 1. The van der Waals surface area contributed by atoms with Gasteiger partial charge in [0.25, 0.3) is 5.91 Å². The van der Waals surface area contributed by atoms with Crippen molar-refractivity contribution in [1.29, 1.82) is 0 Å². The molecule has 0 spiro atoms. The van der Waals surface area contributed by atoms with Crippen LogP contribution in [0.1, 0.15) is 16.2 Å². The number of aromatic nitrogens is 4. The average Bonchev–Trinajstić information content (AvgIpc) is 3.23. The van der Waals surface area contributed by atoms with Crippen LogP contribution in [0.5, 0.6) is 0 Å². The molecule has 0 saturated carbocycles. The molecule has 0 aliphatic heterocycles. The van der Waals surface area contributed by atoms with Crippen molar-refractivity contribution in [3.05, 3.63) is 62.9 Å². The first-order chi connectivity index (χ1) is 12.4. The van der Waals surface area contributed by atoms with Gasteiger partial charge in [-0.2, -0.15) is 9.78 Å². The number of nitrogens with one attached hydrogen (secondary N) is 2. The molecule has 0 fully saturated rings. The Bertz CT molecular complexity index is 947. The molecule has 3 aromatic rings. The number of carbonyl (C=O) groups excluding carboxylic acids is 1. The first-order valence-electron chi connectivity index (χ1n) is 7.72. The van der Waals surface area contributed by atoms with Gasteiger partial charge in [0, 0.05) is 17.1 Å². The number of benzene rings is 1. The van der Waals surface area contributed by atoms with Crippen molar-refractivity contribution in [3.8, 4) is 11.3 Å². The van der Waals surface area contributed by atoms with Crippen LogP contribution in [0.25, 0.3) is 11.3 Å². The number of aromatic amines is 1. The zero-order chi connectivity index (χ0) is 18.7. The van der Waals surface area contributed by atoms with E-state index >= 15 is 0 Å². The van der Waals surface area contributed by atoms with Crippen molar-refractivity contribution in [1.82, 2.24) is 25.3 Å². The lowest BCUT2D eigenvalue weighted by Gasteiger charge is -2.02. The Labute approximate surface area is 153 Å². The highest BCUT2D eigenvalue weighted by atomic mass is 35.5. The van der Waals surface area contributed by atoms with Crippen molar-refractivity contribution < 1.29 is 9.72 Å². The zero-order valence-electron chi connectivity index (χ0n) is 13.8. The maximum Gasteiger partial charge on any atom is 0.390 e. The molecule has 2 aromatic heterocycles. The second-order valence-corrected chi connectivity index (χ2v) is 5.99. The van der Waals surface area contributed by atoms with Gasteiger partial charge < -0.3 is 15.4 Å². The molecule has 134 valence electrons. The Morgan fingerprint density at radius 3 is 2.73 bits per heavy atom. The molecular formula is C16H15ClN6O3. The van der Waals surface area contributed by atoms with Gasteiger partial charge in [0.15, 0.2) is 0 Å². The van der Waals surface area contributed by atoms with Crippen LogP contribution in [0.4, 0.5) is 5.82 Å². The number of halogens is 1. The van der Waals surface area contributed by atoms with Crippen molar-refractivity contribution in [3.63, 3.8) is 0 Å². The van der Waals surface area contributed by atoms with E-state index in [1.54, 1.807) is 25.1 Å². The topological polar surface area (TPSA) is 119 Å². The van der Waals surface area contributed by atoms with Gasteiger partial charge in [0.05, 0.1) is 29.1 Å². The van der Waals surface area contributed by atoms with E-state index in [0.29, 0.717) is 28.6 Å². The zero-order valence-corrected chi connectivity index (χ0v) is 14.5. The summed E-state index contributed by atoms with van der Waals surface area (Å²) in [5, 5.41) is 24.7. The fourth-order valence-electron chi connectivity index (χ4n) is 2.39. The first-order valence-corrected chi connectivity index (χ1v) is 8.10. The van der Waals surface area contributed by atoms with Gasteiger partial charge in [0.2, 0.25) is 0 Å². The molecule has 0 unspecified atom stereocenters. The average molecular weight is 375 g/mol. The number of amides is 1. The molecule has 10 heteroatoms. The lowest BCUT2D eigenvalue weighted by molar-refractivity contribution is -0.389. The Hall–Kier alpha value is -3.20. The normalized spacial score (nSPS) is 10.7. The molecule has 26 heavy (non-hydrogen) atoms. The molecule has 3 rings (SSSR count). The van der Waals surface area contributed by atoms with Gasteiger partial charge in [-0.1, -0.05) is 23.7 Å². The van der Waals surface area contributed by atoms with Gasteiger partial charge >= 0.3 is 5.82 Å². The van der Waals surface area contributed by atoms with Crippen LogP contribution < -0.4 is 5.32 Å². The number of carbonyl (C=O) groups is 1. The Morgan fingerprint density at radius 2 is 2.08 bits per heavy atom. The SMILES string of the molecule is Cc1cc([N+](=O)[O-])nn1CCNC(=O)c1cc(-c2ccc(Cl)cc2)n[nH]1. The molecule has 0 saturated heterocycles. The van der Waals surface area contributed by atoms with Crippen LogP contribution in [-0.4, -0.2) is 37.4 Å². The summed E-state index contributed by atoms with van der Waals surface area (Å²) in [6.45, 7) is 2.31. The second-order valence-electron chi connectivity index (χ2n) is 5.55. The highest BCUT2D eigenvalue weighted by Gasteiger charge is 2.16. The molecule has 2 N–H and O–H groups in total. The maximum atomic E-state index is 12.2. The summed E-state index contributed by atoms with van der Waals surface area (Å²) >= 11 is 5.86. The van der Waals surface area contributed by atoms with E-state index in [4.69, 9.17) is 11.6 Å². The van der Waals surface area contributed by atoms with Crippen LogP contribution in [-0.2, 0) is 6.54 Å². The van der Waals surface area contributed by atoms with E-state index in [1.807, 2.05) is 12.1 Å². The predicted octanol–water partition coefficient (Wildman–Crippen LogP) is 2.57. The largest absolute Gasteiger partial charge is 0.390 e. The monoisotopic (exact) mass is 374 g/mol. The second kappa shape index (κ2) is 7.36. The molecule has 0 bridgehead atoms. The molecule has 2 heterocycles. The Balaban J connectivity index is 1.59. The minimum Gasteiger partial charge on any atom is -0.358 e. The molecule has 1 aromatic carbocycles. The molecule has 0 aliphatic carbocycles. The fraction of sp³-hybridized carbons (Fsp3) is 0.188. The molecule has 0 atom stereocenters. The maximum absolute atomic E-state index is 12.2. The number of hydrogen-bond acceptors (Lipinski definition) is 5. The Morgan fingerprint density at radius 1 is 1.35 bits per heavy atom. The number of aryl methyl sites for hydroxylation is 1. The highest BCUT2D eigenvalue weighted by molar-refractivity contribution is 6.30. The van der Waals surface area contributed by atoms with E-state index in [0.717, 1.165) is 5.56 Å². The minimum absolute atomic E-state index is 0.213. The number of hydrogen-bond donors (Lipinski definition) is 2. The van der Waals surface area contributed by atoms with Gasteiger partial charge in [0.1, 0.15) is 5.69 Å². The van der Waals surface area contributed by atoms with Crippen LogP contribution in [0, 0.1) is 17.0 Å². The Kier molecular flexibility index (Phi) is 4.99. The predicted molar refractivity (Wildman–Crippen MR) is 95.0 cm³/mol. The van der Waals surface area contributed by atoms with Crippen molar-refractivity contribution in [2.24, 2.45) is 0 Å². The minimum atomic E-state index is -0.551. The van der Waals surface area contributed by atoms with Gasteiger partial charge in [-0.15, -0.1) is 0 Å². The third-order valence-corrected chi connectivity index (χ3v) is 3.98. The number of rotatable bonds is 6. The van der Waals surface area contributed by atoms with E-state index in [2.05, 4.69) is 20.6 Å². The van der Waals surface area contributed by atoms with Gasteiger partial charge in [-0.05, 0) is 30.0 Å². The summed E-state index contributed by atoms with van der Waals surface area (Å²) in [4.78, 5) is 22.4. The van der Waals surface area contributed by atoms with E-state index < -0.39 is 4.92 Å². The third-order valence-electron chi connectivity index (χ3n) is 3.73. The lowest BCUT2D eigenvalue weighted by Crippen LogP contribution is -2.28. The lowest BCUT2D eigenvalue weighted by atomic mass is 10.1. The van der Waals surface area contributed by atoms with Crippen LogP contribution in [0.3, 0.4) is 0 Å².